The monoisotopic (exact) mass is 277 g/mol. The fraction of sp³-hybridized carbons (Fsp3) is 0.462. The van der Waals surface area contributed by atoms with Crippen molar-refractivity contribution in [2.75, 3.05) is 13.1 Å². The summed E-state index contributed by atoms with van der Waals surface area (Å²) in [4.78, 5) is 14.2. The Bertz CT molecular complexity index is 496. The summed E-state index contributed by atoms with van der Waals surface area (Å²) in [5.41, 5.74) is 13.8. The van der Waals surface area contributed by atoms with E-state index in [-0.39, 0.29) is 12.3 Å². The summed E-state index contributed by atoms with van der Waals surface area (Å²) in [6.45, 7) is 2.38. The van der Waals surface area contributed by atoms with Gasteiger partial charge in [0.15, 0.2) is 0 Å². The predicted octanol–water partition coefficient (Wildman–Crippen LogP) is 1.47. The second kappa shape index (κ2) is 7.37. The smallest absolute Gasteiger partial charge is 0.237 e. The van der Waals surface area contributed by atoms with Gasteiger partial charge in [0.25, 0.3) is 0 Å². The van der Waals surface area contributed by atoms with E-state index in [1.807, 2.05) is 0 Å². The Morgan fingerprint density at radius 2 is 2.15 bits per heavy atom. The Morgan fingerprint density at radius 3 is 2.70 bits per heavy atom. The lowest BCUT2D eigenvalue weighted by Gasteiger charge is -2.27. The highest BCUT2D eigenvalue weighted by Crippen LogP contribution is 2.16. The normalized spacial score (nSPS) is 13.2. The standard InChI is InChI=1S/C13H19N5O2/c1-13(12(14)20,16-8-9-17-18-15)7-6-10-2-4-11(19)5-3-10/h2-5,16,19H,6-9H2,1H3,(H2,14,20). The highest BCUT2D eigenvalue weighted by atomic mass is 16.3. The Kier molecular flexibility index (Phi) is 5.83. The second-order valence-electron chi connectivity index (χ2n) is 4.74. The number of phenols is 1. The first-order chi connectivity index (χ1) is 9.48. The fourth-order valence-corrected chi connectivity index (χ4v) is 1.78. The largest absolute Gasteiger partial charge is 0.508 e. The Labute approximate surface area is 117 Å². The van der Waals surface area contributed by atoms with Gasteiger partial charge in [0.05, 0.1) is 5.54 Å². The molecule has 0 fully saturated rings. The van der Waals surface area contributed by atoms with Gasteiger partial charge in [-0.1, -0.05) is 17.2 Å². The molecule has 0 aliphatic carbocycles. The number of amides is 1. The van der Waals surface area contributed by atoms with E-state index >= 15 is 0 Å². The van der Waals surface area contributed by atoms with Crippen molar-refractivity contribution in [1.29, 1.82) is 0 Å². The first kappa shape index (κ1) is 15.8. The molecule has 1 rings (SSSR count). The van der Waals surface area contributed by atoms with Gasteiger partial charge in [0.2, 0.25) is 5.91 Å². The molecule has 0 heterocycles. The number of azide groups is 1. The summed E-state index contributed by atoms with van der Waals surface area (Å²) in [7, 11) is 0. The molecule has 0 radical (unpaired) electrons. The van der Waals surface area contributed by atoms with E-state index in [4.69, 9.17) is 11.3 Å². The zero-order valence-corrected chi connectivity index (χ0v) is 11.4. The summed E-state index contributed by atoms with van der Waals surface area (Å²) < 4.78 is 0. The number of carbonyl (C=O) groups excluding carboxylic acids is 1. The molecule has 20 heavy (non-hydrogen) atoms. The summed E-state index contributed by atoms with van der Waals surface area (Å²) in [6, 6.07) is 6.81. The quantitative estimate of drug-likeness (QED) is 0.288. The minimum Gasteiger partial charge on any atom is -0.508 e. The molecule has 1 unspecified atom stereocenters. The average Bonchev–Trinajstić information content (AvgIpc) is 2.43. The van der Waals surface area contributed by atoms with Crippen molar-refractivity contribution in [3.63, 3.8) is 0 Å². The van der Waals surface area contributed by atoms with Crippen LogP contribution < -0.4 is 11.1 Å². The van der Waals surface area contributed by atoms with Crippen molar-refractivity contribution >= 4 is 5.91 Å². The molecule has 4 N–H and O–H groups in total. The number of benzene rings is 1. The van der Waals surface area contributed by atoms with E-state index in [2.05, 4.69) is 15.3 Å². The van der Waals surface area contributed by atoms with Crippen LogP contribution in [0.3, 0.4) is 0 Å². The average molecular weight is 277 g/mol. The topological polar surface area (TPSA) is 124 Å². The Hall–Kier alpha value is -2.24. The molecule has 0 bridgehead atoms. The number of aromatic hydroxyl groups is 1. The maximum absolute atomic E-state index is 11.6. The molecule has 1 aromatic rings. The number of hydrogen-bond acceptors (Lipinski definition) is 4. The molecule has 0 aliphatic rings. The van der Waals surface area contributed by atoms with Gasteiger partial charge in [0, 0.05) is 18.0 Å². The van der Waals surface area contributed by atoms with Crippen LogP contribution in [-0.4, -0.2) is 29.6 Å². The summed E-state index contributed by atoms with van der Waals surface area (Å²) >= 11 is 0. The van der Waals surface area contributed by atoms with Gasteiger partial charge in [0.1, 0.15) is 5.75 Å². The van der Waals surface area contributed by atoms with Crippen molar-refractivity contribution in [3.05, 3.63) is 40.3 Å². The molecule has 7 heteroatoms. The highest BCUT2D eigenvalue weighted by Gasteiger charge is 2.29. The second-order valence-corrected chi connectivity index (χ2v) is 4.74. The third-order valence-corrected chi connectivity index (χ3v) is 3.18. The SMILES string of the molecule is CC(CCc1ccc(O)cc1)(NCCN=[N+]=[N-])C(N)=O. The molecular weight excluding hydrogens is 258 g/mol. The van der Waals surface area contributed by atoms with E-state index in [0.29, 0.717) is 19.4 Å². The molecular formula is C13H19N5O2. The van der Waals surface area contributed by atoms with Crippen LogP contribution in [0.25, 0.3) is 10.4 Å². The van der Waals surface area contributed by atoms with E-state index in [1.165, 1.54) is 0 Å². The summed E-state index contributed by atoms with van der Waals surface area (Å²) in [6.07, 6.45) is 1.16. The molecule has 7 nitrogen and oxygen atoms in total. The molecule has 1 amide bonds. The number of nitrogens with zero attached hydrogens (tertiary/aromatic N) is 3. The van der Waals surface area contributed by atoms with E-state index < -0.39 is 11.4 Å². The highest BCUT2D eigenvalue weighted by molar-refractivity contribution is 5.84. The van der Waals surface area contributed by atoms with Gasteiger partial charge < -0.3 is 16.2 Å². The van der Waals surface area contributed by atoms with Crippen LogP contribution in [-0.2, 0) is 11.2 Å². The van der Waals surface area contributed by atoms with Gasteiger partial charge >= 0.3 is 0 Å². The minimum absolute atomic E-state index is 0.207. The zero-order chi connectivity index (χ0) is 15.0. The van der Waals surface area contributed by atoms with E-state index in [0.717, 1.165) is 5.56 Å². The first-order valence-electron chi connectivity index (χ1n) is 6.31. The first-order valence-corrected chi connectivity index (χ1v) is 6.31. The van der Waals surface area contributed by atoms with Crippen molar-refractivity contribution < 1.29 is 9.90 Å². The number of phenolic OH excluding ortho intramolecular Hbond substituents is 1. The van der Waals surface area contributed by atoms with Crippen molar-refractivity contribution in [2.45, 2.75) is 25.3 Å². The summed E-state index contributed by atoms with van der Waals surface area (Å²) in [5.74, 6) is -0.240. The van der Waals surface area contributed by atoms with Crippen LogP contribution in [0.5, 0.6) is 5.75 Å². The van der Waals surface area contributed by atoms with Gasteiger partial charge in [-0.15, -0.1) is 0 Å². The van der Waals surface area contributed by atoms with Crippen LogP contribution in [0.4, 0.5) is 0 Å². The van der Waals surface area contributed by atoms with Crippen LogP contribution in [0.15, 0.2) is 29.4 Å². The number of nitrogens with two attached hydrogens (primary N) is 1. The van der Waals surface area contributed by atoms with Gasteiger partial charge in [-0.25, -0.2) is 0 Å². The molecule has 0 aromatic heterocycles. The lowest BCUT2D eigenvalue weighted by atomic mass is 9.92. The van der Waals surface area contributed by atoms with E-state index in [9.17, 15) is 9.90 Å². The number of carbonyl (C=O) groups is 1. The predicted molar refractivity (Wildman–Crippen MR) is 76.0 cm³/mol. The number of nitrogens with one attached hydrogen (secondary N) is 1. The Balaban J connectivity index is 2.59. The zero-order valence-electron chi connectivity index (χ0n) is 11.4. The molecule has 0 spiro atoms. The fourth-order valence-electron chi connectivity index (χ4n) is 1.78. The molecule has 1 aromatic carbocycles. The van der Waals surface area contributed by atoms with Gasteiger partial charge in [-0.05, 0) is 43.0 Å². The maximum atomic E-state index is 11.6. The summed E-state index contributed by atoms with van der Waals surface area (Å²) in [5, 5.41) is 15.6. The molecule has 0 saturated heterocycles. The molecule has 1 atom stereocenters. The van der Waals surface area contributed by atoms with Crippen LogP contribution >= 0.6 is 0 Å². The molecule has 0 saturated carbocycles. The lowest BCUT2D eigenvalue weighted by molar-refractivity contribution is -0.124. The van der Waals surface area contributed by atoms with Crippen LogP contribution in [0.2, 0.25) is 0 Å². The lowest BCUT2D eigenvalue weighted by Crippen LogP contribution is -2.54. The third-order valence-electron chi connectivity index (χ3n) is 3.18. The third kappa shape index (κ3) is 4.79. The van der Waals surface area contributed by atoms with E-state index in [1.54, 1.807) is 31.2 Å². The molecule has 0 aliphatic heterocycles. The van der Waals surface area contributed by atoms with Crippen molar-refractivity contribution in [2.24, 2.45) is 10.8 Å². The van der Waals surface area contributed by atoms with Gasteiger partial charge in [-0.2, -0.15) is 0 Å². The number of aryl methyl sites for hydroxylation is 1. The number of rotatable bonds is 8. The van der Waals surface area contributed by atoms with Crippen molar-refractivity contribution in [1.82, 2.24) is 5.32 Å². The van der Waals surface area contributed by atoms with Crippen molar-refractivity contribution in [3.8, 4) is 5.75 Å². The van der Waals surface area contributed by atoms with Crippen LogP contribution in [0, 0.1) is 0 Å². The van der Waals surface area contributed by atoms with Crippen LogP contribution in [0.1, 0.15) is 18.9 Å². The maximum Gasteiger partial charge on any atom is 0.237 e. The minimum atomic E-state index is -0.858. The Morgan fingerprint density at radius 1 is 1.50 bits per heavy atom. The molecule has 108 valence electrons. The number of hydrogen-bond donors (Lipinski definition) is 3. The van der Waals surface area contributed by atoms with Gasteiger partial charge in [-0.3, -0.25) is 4.79 Å². The number of primary amides is 1.